The third kappa shape index (κ3) is 4.72. The average molecular weight is 449 g/mol. The fourth-order valence-corrected chi connectivity index (χ4v) is 3.90. The zero-order chi connectivity index (χ0) is 23.5. The minimum Gasteiger partial charge on any atom is -0.495 e. The van der Waals surface area contributed by atoms with E-state index in [9.17, 15) is 9.59 Å². The van der Waals surface area contributed by atoms with Gasteiger partial charge in [-0.1, -0.05) is 26.0 Å². The maximum atomic E-state index is 12.8. The van der Waals surface area contributed by atoms with Crippen molar-refractivity contribution in [1.29, 1.82) is 0 Å². The van der Waals surface area contributed by atoms with Crippen molar-refractivity contribution in [2.24, 2.45) is 0 Å². The van der Waals surface area contributed by atoms with Gasteiger partial charge in [0.2, 0.25) is 0 Å². The number of ether oxygens (including phenoxy) is 1. The lowest BCUT2D eigenvalue weighted by atomic mass is 10.1. The predicted octanol–water partition coefficient (Wildman–Crippen LogP) is 3.52. The van der Waals surface area contributed by atoms with Gasteiger partial charge in [0.05, 0.1) is 24.1 Å². The molecule has 3 aromatic rings. The molecule has 9 nitrogen and oxygen atoms in total. The van der Waals surface area contributed by atoms with E-state index in [1.54, 1.807) is 37.3 Å². The van der Waals surface area contributed by atoms with Crippen molar-refractivity contribution in [3.63, 3.8) is 0 Å². The molecule has 1 fully saturated rings. The van der Waals surface area contributed by atoms with Crippen LogP contribution in [0, 0.1) is 6.92 Å². The summed E-state index contributed by atoms with van der Waals surface area (Å²) >= 11 is 0. The number of hydrogen-bond acceptors (Lipinski definition) is 6. The zero-order valence-corrected chi connectivity index (χ0v) is 19.3. The summed E-state index contributed by atoms with van der Waals surface area (Å²) < 4.78 is 5.29. The summed E-state index contributed by atoms with van der Waals surface area (Å²) in [6.07, 6.45) is 2.31. The van der Waals surface area contributed by atoms with Crippen LogP contribution < -0.4 is 10.1 Å². The van der Waals surface area contributed by atoms with Crippen molar-refractivity contribution < 1.29 is 14.3 Å². The summed E-state index contributed by atoms with van der Waals surface area (Å²) in [5.74, 6) is 1.12. The van der Waals surface area contributed by atoms with Crippen molar-refractivity contribution in [2.75, 3.05) is 25.5 Å². The summed E-state index contributed by atoms with van der Waals surface area (Å²) in [5, 5.41) is 9.95. The molecule has 1 saturated heterocycles. The number of hydrogen-bond donors (Lipinski definition) is 2. The molecule has 1 aliphatic heterocycles. The lowest BCUT2D eigenvalue weighted by Crippen LogP contribution is -2.29. The van der Waals surface area contributed by atoms with E-state index in [1.165, 1.54) is 0 Å². The number of methoxy groups -OCH3 is 1. The molecule has 1 unspecified atom stereocenters. The number of carbonyl (C=O) groups is 2. The highest BCUT2D eigenvalue weighted by molar-refractivity contribution is 6.05. The van der Waals surface area contributed by atoms with Crippen LogP contribution in [0.25, 0.3) is 0 Å². The van der Waals surface area contributed by atoms with Gasteiger partial charge in [-0.2, -0.15) is 5.10 Å². The maximum Gasteiger partial charge on any atom is 0.274 e. The van der Waals surface area contributed by atoms with Gasteiger partial charge in [0.25, 0.3) is 11.8 Å². The molecule has 0 radical (unpaired) electrons. The number of rotatable bonds is 6. The highest BCUT2D eigenvalue weighted by Gasteiger charge is 2.31. The first-order valence-corrected chi connectivity index (χ1v) is 11.0. The van der Waals surface area contributed by atoms with Gasteiger partial charge in [-0.15, -0.1) is 0 Å². The van der Waals surface area contributed by atoms with E-state index in [1.807, 2.05) is 32.0 Å². The summed E-state index contributed by atoms with van der Waals surface area (Å²) in [5.41, 5.74) is 2.94. The smallest absolute Gasteiger partial charge is 0.274 e. The number of aromatic nitrogens is 4. The van der Waals surface area contributed by atoms with Crippen LogP contribution in [0.5, 0.6) is 5.75 Å². The fraction of sp³-hybridized carbons (Fsp3) is 0.375. The van der Waals surface area contributed by atoms with Crippen LogP contribution in [-0.2, 0) is 0 Å². The Labute approximate surface area is 192 Å². The second-order valence-corrected chi connectivity index (χ2v) is 8.48. The molecule has 2 N–H and O–H groups in total. The molecule has 33 heavy (non-hydrogen) atoms. The summed E-state index contributed by atoms with van der Waals surface area (Å²) in [4.78, 5) is 36.4. The highest BCUT2D eigenvalue weighted by atomic mass is 16.5. The van der Waals surface area contributed by atoms with Crippen LogP contribution in [0.3, 0.4) is 0 Å². The number of likely N-dealkylation sites (tertiary alicyclic amines) is 1. The molecule has 1 aliphatic rings. The Morgan fingerprint density at radius 2 is 2.06 bits per heavy atom. The largest absolute Gasteiger partial charge is 0.495 e. The Morgan fingerprint density at radius 1 is 1.27 bits per heavy atom. The molecular formula is C24H28N6O3. The number of amides is 2. The molecule has 172 valence electrons. The topological polar surface area (TPSA) is 113 Å². The van der Waals surface area contributed by atoms with E-state index >= 15 is 0 Å². The van der Waals surface area contributed by atoms with Crippen LogP contribution in [0.4, 0.5) is 5.69 Å². The predicted molar refractivity (Wildman–Crippen MR) is 124 cm³/mol. The number of para-hydroxylation sites is 2. The summed E-state index contributed by atoms with van der Waals surface area (Å²) in [7, 11) is 1.55. The SMILES string of the molecule is COc1ccccc1NC(=O)c1cnc(C2CCN(C(=O)c3cc(C(C)C)[nH]n3)C2)nc1C. The van der Waals surface area contributed by atoms with E-state index in [4.69, 9.17) is 4.74 Å². The van der Waals surface area contributed by atoms with Gasteiger partial charge in [0, 0.05) is 30.9 Å². The van der Waals surface area contributed by atoms with Crippen LogP contribution in [0.15, 0.2) is 36.5 Å². The summed E-state index contributed by atoms with van der Waals surface area (Å²) in [6.45, 7) is 7.03. The van der Waals surface area contributed by atoms with E-state index in [-0.39, 0.29) is 23.7 Å². The number of anilines is 1. The first-order chi connectivity index (χ1) is 15.9. The molecule has 2 amide bonds. The standard InChI is InChI=1S/C24H28N6O3/c1-14(2)19-11-20(29-28-19)24(32)30-10-9-16(13-30)22-25-12-17(15(3)26-22)23(31)27-18-7-5-6-8-21(18)33-4/h5-8,11-12,14,16H,9-10,13H2,1-4H3,(H,27,31)(H,28,29). The van der Waals surface area contributed by atoms with Gasteiger partial charge in [0.1, 0.15) is 17.3 Å². The van der Waals surface area contributed by atoms with Crippen molar-refractivity contribution >= 4 is 17.5 Å². The number of aromatic amines is 1. The number of nitrogens with one attached hydrogen (secondary N) is 2. The van der Waals surface area contributed by atoms with Gasteiger partial charge in [0.15, 0.2) is 0 Å². The molecule has 0 spiro atoms. The molecule has 3 heterocycles. The second-order valence-electron chi connectivity index (χ2n) is 8.48. The minimum atomic E-state index is -0.300. The first-order valence-electron chi connectivity index (χ1n) is 11.0. The van der Waals surface area contributed by atoms with Crippen molar-refractivity contribution in [3.05, 3.63) is 65.0 Å². The van der Waals surface area contributed by atoms with Crippen LogP contribution in [0.2, 0.25) is 0 Å². The van der Waals surface area contributed by atoms with Gasteiger partial charge < -0.3 is 15.0 Å². The first kappa shape index (κ1) is 22.4. The highest BCUT2D eigenvalue weighted by Crippen LogP contribution is 2.27. The van der Waals surface area contributed by atoms with E-state index in [2.05, 4.69) is 25.5 Å². The van der Waals surface area contributed by atoms with E-state index < -0.39 is 0 Å². The lowest BCUT2D eigenvalue weighted by molar-refractivity contribution is 0.0784. The number of nitrogens with zero attached hydrogens (tertiary/aromatic N) is 4. The van der Waals surface area contributed by atoms with Gasteiger partial charge in [-0.05, 0) is 37.5 Å². The monoisotopic (exact) mass is 448 g/mol. The summed E-state index contributed by atoms with van der Waals surface area (Å²) in [6, 6.07) is 9.03. The Morgan fingerprint density at radius 3 is 2.76 bits per heavy atom. The fourth-order valence-electron chi connectivity index (χ4n) is 3.90. The molecule has 4 rings (SSSR count). The second kappa shape index (κ2) is 9.40. The molecular weight excluding hydrogens is 420 g/mol. The molecule has 1 atom stereocenters. The average Bonchev–Trinajstić information content (AvgIpc) is 3.49. The zero-order valence-electron chi connectivity index (χ0n) is 19.3. The van der Waals surface area contributed by atoms with Crippen molar-refractivity contribution in [1.82, 2.24) is 25.1 Å². The van der Waals surface area contributed by atoms with Crippen molar-refractivity contribution in [2.45, 2.75) is 39.0 Å². The van der Waals surface area contributed by atoms with Crippen LogP contribution in [-0.4, -0.2) is 57.1 Å². The number of benzene rings is 1. The Hall–Kier alpha value is -3.75. The number of H-pyrrole nitrogens is 1. The Bertz CT molecular complexity index is 1170. The number of aryl methyl sites for hydroxylation is 1. The third-order valence-corrected chi connectivity index (χ3v) is 5.88. The van der Waals surface area contributed by atoms with E-state index in [0.29, 0.717) is 47.3 Å². The molecule has 2 aromatic heterocycles. The van der Waals surface area contributed by atoms with Crippen LogP contribution in [0.1, 0.15) is 70.2 Å². The van der Waals surface area contributed by atoms with Crippen molar-refractivity contribution in [3.8, 4) is 5.75 Å². The van der Waals surface area contributed by atoms with Gasteiger partial charge in [-0.3, -0.25) is 14.7 Å². The van der Waals surface area contributed by atoms with Gasteiger partial charge >= 0.3 is 0 Å². The van der Waals surface area contributed by atoms with Gasteiger partial charge in [-0.25, -0.2) is 9.97 Å². The molecule has 0 saturated carbocycles. The maximum absolute atomic E-state index is 12.8. The molecule has 9 heteroatoms. The molecule has 1 aromatic carbocycles. The Balaban J connectivity index is 1.43. The molecule has 0 bridgehead atoms. The third-order valence-electron chi connectivity index (χ3n) is 5.88. The molecule has 0 aliphatic carbocycles. The minimum absolute atomic E-state index is 0.0162. The lowest BCUT2D eigenvalue weighted by Gasteiger charge is -2.15. The quantitative estimate of drug-likeness (QED) is 0.597. The normalized spacial score (nSPS) is 15.7. The number of carbonyl (C=O) groups excluding carboxylic acids is 2. The van der Waals surface area contributed by atoms with Crippen LogP contribution >= 0.6 is 0 Å². The Kier molecular flexibility index (Phi) is 6.39. The van der Waals surface area contributed by atoms with E-state index in [0.717, 1.165) is 12.1 Å².